The molecule has 1 atom stereocenters. The molecule has 2 rings (SSSR count). The molecule has 0 saturated heterocycles. The van der Waals surface area contributed by atoms with E-state index in [1.165, 1.54) is 25.7 Å². The maximum absolute atomic E-state index is 6.00. The first-order valence-corrected chi connectivity index (χ1v) is 9.85. The molecule has 2 N–H and O–H groups in total. The van der Waals surface area contributed by atoms with Gasteiger partial charge in [0.1, 0.15) is 6.10 Å². The van der Waals surface area contributed by atoms with Crippen LogP contribution in [0.25, 0.3) is 0 Å². The van der Waals surface area contributed by atoms with Crippen molar-refractivity contribution < 1.29 is 14.2 Å². The van der Waals surface area contributed by atoms with Crippen LogP contribution in [0.15, 0.2) is 29.3 Å². The molecule has 1 aliphatic carbocycles. The number of para-hydroxylation sites is 2. The summed E-state index contributed by atoms with van der Waals surface area (Å²) in [5, 5.41) is 6.87. The first-order chi connectivity index (χ1) is 13.1. The van der Waals surface area contributed by atoms with Crippen molar-refractivity contribution >= 4 is 29.9 Å². The van der Waals surface area contributed by atoms with Crippen molar-refractivity contribution in [3.05, 3.63) is 24.3 Å². The summed E-state index contributed by atoms with van der Waals surface area (Å²) in [7, 11) is 5.23. The Bertz CT molecular complexity index is 592. The van der Waals surface area contributed by atoms with Gasteiger partial charge in [-0.1, -0.05) is 25.0 Å². The van der Waals surface area contributed by atoms with Crippen LogP contribution in [0, 0.1) is 5.41 Å². The maximum atomic E-state index is 6.00. The summed E-state index contributed by atoms with van der Waals surface area (Å²) < 4.78 is 16.7. The molecule has 0 radical (unpaired) electrons. The zero-order chi connectivity index (χ0) is 19.5. The fraction of sp³-hybridized carbons (Fsp3) is 0.667. The van der Waals surface area contributed by atoms with Gasteiger partial charge in [0.15, 0.2) is 17.5 Å². The molecule has 1 aromatic rings. The van der Waals surface area contributed by atoms with E-state index in [0.717, 1.165) is 37.0 Å². The van der Waals surface area contributed by atoms with Crippen LogP contribution in [0.4, 0.5) is 0 Å². The second-order valence-electron chi connectivity index (χ2n) is 7.34. The molecule has 0 spiro atoms. The van der Waals surface area contributed by atoms with Gasteiger partial charge in [-0.25, -0.2) is 0 Å². The minimum atomic E-state index is -0.0196. The average molecular weight is 505 g/mol. The quantitative estimate of drug-likeness (QED) is 0.288. The molecule has 0 bridgehead atoms. The lowest BCUT2D eigenvalue weighted by Crippen LogP contribution is -2.45. The van der Waals surface area contributed by atoms with E-state index in [0.29, 0.717) is 12.0 Å². The molecule has 7 heteroatoms. The molecular formula is C21H36IN3O3. The zero-order valence-corrected chi connectivity index (χ0v) is 20.0. The van der Waals surface area contributed by atoms with Crippen LogP contribution >= 0.6 is 24.0 Å². The predicted molar refractivity (Wildman–Crippen MR) is 125 cm³/mol. The standard InChI is InChI=1S/C21H35N3O3.HI/c1-17(27-19-10-6-5-9-18(19)26-4)15-23-20(22-2)24-16-21(13-14-25-3)11-7-8-12-21;/h5-6,9-10,17H,7-8,11-16H2,1-4H3,(H2,22,23,24);1H. The van der Waals surface area contributed by atoms with Crippen LogP contribution in [0.2, 0.25) is 0 Å². The molecule has 6 nitrogen and oxygen atoms in total. The van der Waals surface area contributed by atoms with Gasteiger partial charge < -0.3 is 24.8 Å². The molecule has 0 amide bonds. The Balaban J connectivity index is 0.00000392. The van der Waals surface area contributed by atoms with Crippen molar-refractivity contribution in [3.63, 3.8) is 0 Å². The average Bonchev–Trinajstić information content (AvgIpc) is 3.16. The van der Waals surface area contributed by atoms with Crippen molar-refractivity contribution in [1.29, 1.82) is 0 Å². The highest BCUT2D eigenvalue weighted by molar-refractivity contribution is 14.0. The number of hydrogen-bond donors (Lipinski definition) is 2. The van der Waals surface area contributed by atoms with Crippen molar-refractivity contribution in [2.75, 3.05) is 41.0 Å². The smallest absolute Gasteiger partial charge is 0.191 e. The van der Waals surface area contributed by atoms with E-state index < -0.39 is 0 Å². The number of guanidine groups is 1. The summed E-state index contributed by atoms with van der Waals surface area (Å²) in [6, 6.07) is 7.70. The third-order valence-electron chi connectivity index (χ3n) is 5.31. The largest absolute Gasteiger partial charge is 0.493 e. The molecule has 0 heterocycles. The van der Waals surface area contributed by atoms with Crippen LogP contribution < -0.4 is 20.1 Å². The van der Waals surface area contributed by atoms with E-state index in [1.54, 1.807) is 21.3 Å². The fourth-order valence-electron chi connectivity index (χ4n) is 3.67. The van der Waals surface area contributed by atoms with Gasteiger partial charge in [-0.2, -0.15) is 0 Å². The van der Waals surface area contributed by atoms with Crippen LogP contribution in [0.3, 0.4) is 0 Å². The third kappa shape index (κ3) is 7.66. The first kappa shape index (κ1) is 24.8. The summed E-state index contributed by atoms with van der Waals surface area (Å²) >= 11 is 0. The number of halogens is 1. The number of aliphatic imine (C=N–C) groups is 1. The SMILES string of the molecule is CN=C(NCC(C)Oc1ccccc1OC)NCC1(CCOC)CCCC1.I. The Morgan fingerprint density at radius 3 is 2.43 bits per heavy atom. The molecule has 0 aromatic heterocycles. The van der Waals surface area contributed by atoms with Gasteiger partial charge in [-0.05, 0) is 43.7 Å². The van der Waals surface area contributed by atoms with Crippen molar-refractivity contribution in [3.8, 4) is 11.5 Å². The van der Waals surface area contributed by atoms with Crippen LogP contribution in [0.1, 0.15) is 39.0 Å². The Morgan fingerprint density at radius 2 is 1.82 bits per heavy atom. The monoisotopic (exact) mass is 505 g/mol. The van der Waals surface area contributed by atoms with Crippen molar-refractivity contribution in [2.45, 2.75) is 45.1 Å². The number of methoxy groups -OCH3 is 2. The Labute approximate surface area is 186 Å². The third-order valence-corrected chi connectivity index (χ3v) is 5.31. The summed E-state index contributed by atoms with van der Waals surface area (Å²) in [6.07, 6.45) is 6.21. The molecule has 1 saturated carbocycles. The van der Waals surface area contributed by atoms with Gasteiger partial charge in [0.2, 0.25) is 0 Å². The Kier molecular flexibility index (Phi) is 11.6. The van der Waals surface area contributed by atoms with E-state index in [2.05, 4.69) is 15.6 Å². The van der Waals surface area contributed by atoms with E-state index in [9.17, 15) is 0 Å². The number of nitrogens with zero attached hydrogens (tertiary/aromatic N) is 1. The predicted octanol–water partition coefficient (Wildman–Crippen LogP) is 3.84. The second-order valence-corrected chi connectivity index (χ2v) is 7.34. The number of rotatable bonds is 10. The van der Waals surface area contributed by atoms with Gasteiger partial charge in [-0.15, -0.1) is 24.0 Å². The van der Waals surface area contributed by atoms with Gasteiger partial charge in [-0.3, -0.25) is 4.99 Å². The van der Waals surface area contributed by atoms with Gasteiger partial charge in [0.05, 0.1) is 13.7 Å². The second kappa shape index (κ2) is 13.1. The van der Waals surface area contributed by atoms with E-state index in [1.807, 2.05) is 31.2 Å². The minimum absolute atomic E-state index is 0. The van der Waals surface area contributed by atoms with E-state index in [-0.39, 0.29) is 30.1 Å². The topological polar surface area (TPSA) is 64.1 Å². The summed E-state index contributed by atoms with van der Waals surface area (Å²) in [6.45, 7) is 4.43. The minimum Gasteiger partial charge on any atom is -0.493 e. The number of nitrogens with one attached hydrogen (secondary N) is 2. The number of ether oxygens (including phenoxy) is 3. The van der Waals surface area contributed by atoms with Gasteiger partial charge >= 0.3 is 0 Å². The van der Waals surface area contributed by atoms with E-state index >= 15 is 0 Å². The lowest BCUT2D eigenvalue weighted by Gasteiger charge is -2.30. The molecule has 160 valence electrons. The van der Waals surface area contributed by atoms with Crippen LogP contribution in [-0.4, -0.2) is 53.0 Å². The van der Waals surface area contributed by atoms with Crippen molar-refractivity contribution in [1.82, 2.24) is 10.6 Å². The summed E-state index contributed by atoms with van der Waals surface area (Å²) in [5.74, 6) is 2.31. The number of hydrogen-bond acceptors (Lipinski definition) is 4. The van der Waals surface area contributed by atoms with Crippen molar-refractivity contribution in [2.24, 2.45) is 10.4 Å². The molecule has 1 aliphatic rings. The highest BCUT2D eigenvalue weighted by atomic mass is 127. The summed E-state index contributed by atoms with van der Waals surface area (Å²) in [4.78, 5) is 4.36. The normalized spacial score (nSPS) is 16.8. The van der Waals surface area contributed by atoms with Gasteiger partial charge in [0.25, 0.3) is 0 Å². The summed E-state index contributed by atoms with van der Waals surface area (Å²) in [5.41, 5.74) is 0.327. The molecule has 0 aliphatic heterocycles. The molecule has 1 fully saturated rings. The maximum Gasteiger partial charge on any atom is 0.191 e. The van der Waals surface area contributed by atoms with E-state index in [4.69, 9.17) is 14.2 Å². The van der Waals surface area contributed by atoms with Crippen LogP contribution in [-0.2, 0) is 4.74 Å². The Morgan fingerprint density at radius 1 is 1.14 bits per heavy atom. The van der Waals surface area contributed by atoms with Crippen LogP contribution in [0.5, 0.6) is 11.5 Å². The first-order valence-electron chi connectivity index (χ1n) is 9.85. The molecular weight excluding hydrogens is 469 g/mol. The van der Waals surface area contributed by atoms with Gasteiger partial charge in [0, 0.05) is 27.3 Å². The lowest BCUT2D eigenvalue weighted by atomic mass is 9.83. The fourth-order valence-corrected chi connectivity index (χ4v) is 3.67. The molecule has 1 unspecified atom stereocenters. The Hall–Kier alpha value is -1.22. The lowest BCUT2D eigenvalue weighted by molar-refractivity contribution is 0.138. The number of benzene rings is 1. The zero-order valence-electron chi connectivity index (χ0n) is 17.6. The molecule has 28 heavy (non-hydrogen) atoms. The highest BCUT2D eigenvalue weighted by Gasteiger charge is 2.33. The molecule has 1 aromatic carbocycles. The highest BCUT2D eigenvalue weighted by Crippen LogP contribution is 2.40.